The SMILES string of the molecule is Cc1ccc(Cn2nc([C@H]3CCCNC3)n(-c3ccccc3)c2=O)cc1C. The fraction of sp³-hybridized carbons (Fsp3) is 0.364. The minimum atomic E-state index is -0.0694. The molecule has 27 heavy (non-hydrogen) atoms. The lowest BCUT2D eigenvalue weighted by Crippen LogP contribution is -2.31. The number of nitrogens with one attached hydrogen (secondary N) is 1. The van der Waals surface area contributed by atoms with E-state index in [1.54, 1.807) is 9.25 Å². The van der Waals surface area contributed by atoms with Crippen LogP contribution in [0.25, 0.3) is 5.69 Å². The van der Waals surface area contributed by atoms with Crippen molar-refractivity contribution in [3.63, 3.8) is 0 Å². The molecule has 5 heteroatoms. The molecule has 4 rings (SSSR count). The van der Waals surface area contributed by atoms with E-state index in [1.165, 1.54) is 11.1 Å². The van der Waals surface area contributed by atoms with Gasteiger partial charge in [0.1, 0.15) is 5.82 Å². The largest absolute Gasteiger partial charge is 0.350 e. The number of benzene rings is 2. The predicted molar refractivity (Wildman–Crippen MR) is 108 cm³/mol. The molecule has 0 unspecified atom stereocenters. The van der Waals surface area contributed by atoms with Gasteiger partial charge in [-0.1, -0.05) is 36.4 Å². The number of aryl methyl sites for hydroxylation is 2. The third kappa shape index (κ3) is 3.60. The molecule has 1 aliphatic heterocycles. The molecule has 2 aromatic carbocycles. The predicted octanol–water partition coefficient (Wildman–Crippen LogP) is 3.17. The maximum atomic E-state index is 13.2. The summed E-state index contributed by atoms with van der Waals surface area (Å²) in [5, 5.41) is 8.22. The summed E-state index contributed by atoms with van der Waals surface area (Å²) < 4.78 is 3.40. The minimum absolute atomic E-state index is 0.0694. The van der Waals surface area contributed by atoms with E-state index in [9.17, 15) is 4.79 Å². The molecule has 1 atom stereocenters. The van der Waals surface area contributed by atoms with E-state index in [0.29, 0.717) is 6.54 Å². The van der Waals surface area contributed by atoms with Gasteiger partial charge in [-0.3, -0.25) is 0 Å². The molecule has 140 valence electrons. The molecule has 0 bridgehead atoms. The maximum absolute atomic E-state index is 13.2. The van der Waals surface area contributed by atoms with Crippen LogP contribution >= 0.6 is 0 Å². The fourth-order valence-corrected chi connectivity index (χ4v) is 3.76. The monoisotopic (exact) mass is 362 g/mol. The molecule has 3 aromatic rings. The van der Waals surface area contributed by atoms with Gasteiger partial charge in [0.25, 0.3) is 0 Å². The van der Waals surface area contributed by atoms with Crippen molar-refractivity contribution in [2.24, 2.45) is 0 Å². The number of nitrogens with zero attached hydrogens (tertiary/aromatic N) is 3. The lowest BCUT2D eigenvalue weighted by atomic mass is 9.99. The summed E-state index contributed by atoms with van der Waals surface area (Å²) in [6.07, 6.45) is 2.16. The van der Waals surface area contributed by atoms with Gasteiger partial charge in [0.15, 0.2) is 0 Å². The van der Waals surface area contributed by atoms with Crippen LogP contribution < -0.4 is 11.0 Å². The molecular weight excluding hydrogens is 336 g/mol. The van der Waals surface area contributed by atoms with Gasteiger partial charge >= 0.3 is 5.69 Å². The molecule has 1 saturated heterocycles. The van der Waals surface area contributed by atoms with Crippen molar-refractivity contribution in [1.29, 1.82) is 0 Å². The van der Waals surface area contributed by atoms with Crippen molar-refractivity contribution < 1.29 is 0 Å². The van der Waals surface area contributed by atoms with Gasteiger partial charge in [0.05, 0.1) is 12.2 Å². The number of piperidine rings is 1. The van der Waals surface area contributed by atoms with Gasteiger partial charge in [-0.05, 0) is 62.1 Å². The van der Waals surface area contributed by atoms with Crippen LogP contribution in [0.1, 0.15) is 41.3 Å². The van der Waals surface area contributed by atoms with Crippen LogP contribution in [0, 0.1) is 13.8 Å². The summed E-state index contributed by atoms with van der Waals surface area (Å²) in [5.41, 5.74) is 4.41. The molecule has 1 fully saturated rings. The molecular formula is C22H26N4O. The Kier molecular flexibility index (Phi) is 4.94. The van der Waals surface area contributed by atoms with Crippen molar-refractivity contribution in [3.05, 3.63) is 81.5 Å². The normalized spacial score (nSPS) is 17.2. The summed E-state index contributed by atoms with van der Waals surface area (Å²) >= 11 is 0. The Bertz CT molecular complexity index is 981. The Morgan fingerprint density at radius 3 is 2.63 bits per heavy atom. The lowest BCUT2D eigenvalue weighted by Gasteiger charge is -2.22. The van der Waals surface area contributed by atoms with E-state index in [1.807, 2.05) is 30.3 Å². The van der Waals surface area contributed by atoms with Crippen molar-refractivity contribution >= 4 is 0 Å². The van der Waals surface area contributed by atoms with Crippen LogP contribution in [-0.4, -0.2) is 27.4 Å². The van der Waals surface area contributed by atoms with E-state index >= 15 is 0 Å². The smallest absolute Gasteiger partial charge is 0.316 e. The highest BCUT2D eigenvalue weighted by Gasteiger charge is 2.24. The van der Waals surface area contributed by atoms with Crippen LogP contribution in [0.4, 0.5) is 0 Å². The van der Waals surface area contributed by atoms with Gasteiger partial charge in [0, 0.05) is 12.5 Å². The third-order valence-corrected chi connectivity index (χ3v) is 5.44. The minimum Gasteiger partial charge on any atom is -0.316 e. The first-order chi connectivity index (χ1) is 13.1. The molecule has 1 aromatic heterocycles. The molecule has 0 radical (unpaired) electrons. The van der Waals surface area contributed by atoms with Crippen LogP contribution in [0.2, 0.25) is 0 Å². The highest BCUT2D eigenvalue weighted by Crippen LogP contribution is 2.23. The standard InChI is InChI=1S/C22H26N4O/c1-16-10-11-18(13-17(16)2)15-25-22(27)26(20-8-4-3-5-9-20)21(24-25)19-7-6-12-23-14-19/h3-5,8-11,13,19,23H,6-7,12,14-15H2,1-2H3/t19-/m0/s1. The van der Waals surface area contributed by atoms with Gasteiger partial charge < -0.3 is 5.32 Å². The Morgan fingerprint density at radius 1 is 1.11 bits per heavy atom. The van der Waals surface area contributed by atoms with E-state index in [0.717, 1.165) is 43.0 Å². The number of aromatic nitrogens is 3. The van der Waals surface area contributed by atoms with Crippen molar-refractivity contribution in [3.8, 4) is 5.69 Å². The average Bonchev–Trinajstić information content (AvgIpc) is 3.02. The zero-order valence-electron chi connectivity index (χ0n) is 16.0. The zero-order chi connectivity index (χ0) is 18.8. The first-order valence-electron chi connectivity index (χ1n) is 9.65. The average molecular weight is 362 g/mol. The maximum Gasteiger partial charge on any atom is 0.350 e. The van der Waals surface area contributed by atoms with Crippen LogP contribution in [0.3, 0.4) is 0 Å². The second-order valence-electron chi connectivity index (χ2n) is 7.43. The Labute approximate surface area is 159 Å². The van der Waals surface area contributed by atoms with Gasteiger partial charge in [-0.2, -0.15) is 5.10 Å². The zero-order valence-corrected chi connectivity index (χ0v) is 16.0. The number of rotatable bonds is 4. The lowest BCUT2D eigenvalue weighted by molar-refractivity contribution is 0.439. The first kappa shape index (κ1) is 17.7. The Hall–Kier alpha value is -2.66. The molecule has 0 spiro atoms. The van der Waals surface area contributed by atoms with Crippen molar-refractivity contribution in [1.82, 2.24) is 19.7 Å². The van der Waals surface area contributed by atoms with Gasteiger partial charge in [-0.15, -0.1) is 0 Å². The summed E-state index contributed by atoms with van der Waals surface area (Å²) in [4.78, 5) is 13.2. The van der Waals surface area contributed by atoms with E-state index in [2.05, 4.69) is 37.4 Å². The van der Waals surface area contributed by atoms with Gasteiger partial charge in [0.2, 0.25) is 0 Å². The topological polar surface area (TPSA) is 51.9 Å². The molecule has 0 saturated carbocycles. The highest BCUT2D eigenvalue weighted by molar-refractivity contribution is 5.34. The molecule has 0 aliphatic carbocycles. The van der Waals surface area contributed by atoms with Crippen molar-refractivity contribution in [2.45, 2.75) is 39.2 Å². The van der Waals surface area contributed by atoms with Crippen LogP contribution in [-0.2, 0) is 6.54 Å². The molecule has 1 N–H and O–H groups in total. The Morgan fingerprint density at radius 2 is 1.93 bits per heavy atom. The van der Waals surface area contributed by atoms with E-state index < -0.39 is 0 Å². The first-order valence-corrected chi connectivity index (χ1v) is 9.65. The summed E-state index contributed by atoms with van der Waals surface area (Å²) in [6, 6.07) is 16.2. The second-order valence-corrected chi connectivity index (χ2v) is 7.43. The number of hydrogen-bond donors (Lipinski definition) is 1. The molecule has 2 heterocycles. The van der Waals surface area contributed by atoms with E-state index in [-0.39, 0.29) is 11.6 Å². The van der Waals surface area contributed by atoms with Gasteiger partial charge in [-0.25, -0.2) is 14.0 Å². The molecule has 1 aliphatic rings. The Balaban J connectivity index is 1.77. The molecule has 0 amide bonds. The quantitative estimate of drug-likeness (QED) is 0.776. The number of para-hydroxylation sites is 1. The summed E-state index contributed by atoms with van der Waals surface area (Å²) in [6.45, 7) is 6.60. The van der Waals surface area contributed by atoms with Crippen LogP contribution in [0.5, 0.6) is 0 Å². The fourth-order valence-electron chi connectivity index (χ4n) is 3.76. The summed E-state index contributed by atoms with van der Waals surface area (Å²) in [5.74, 6) is 1.12. The highest BCUT2D eigenvalue weighted by atomic mass is 16.2. The van der Waals surface area contributed by atoms with Crippen molar-refractivity contribution in [2.75, 3.05) is 13.1 Å². The molecule has 5 nitrogen and oxygen atoms in total. The summed E-state index contributed by atoms with van der Waals surface area (Å²) in [7, 11) is 0. The second kappa shape index (κ2) is 7.53. The third-order valence-electron chi connectivity index (χ3n) is 5.44. The van der Waals surface area contributed by atoms with Crippen LogP contribution in [0.15, 0.2) is 53.3 Å². The number of hydrogen-bond acceptors (Lipinski definition) is 3. The van der Waals surface area contributed by atoms with E-state index in [4.69, 9.17) is 5.10 Å².